The fourth-order valence-corrected chi connectivity index (χ4v) is 2.44. The molecule has 1 aromatic rings. The average molecular weight is 247 g/mol. The molecule has 0 saturated carbocycles. The van der Waals surface area contributed by atoms with E-state index in [9.17, 15) is 4.39 Å². The molecule has 0 bridgehead atoms. The number of anilines is 1. The molecule has 18 heavy (non-hydrogen) atoms. The molecule has 0 radical (unpaired) electrons. The summed E-state index contributed by atoms with van der Waals surface area (Å²) in [7, 11) is 2.07. The molecule has 1 fully saturated rings. The minimum Gasteiger partial charge on any atom is -0.365 e. The molecule has 4 heteroatoms. The Kier molecular flexibility index (Phi) is 3.83. The van der Waals surface area contributed by atoms with Crippen molar-refractivity contribution in [3.63, 3.8) is 0 Å². The summed E-state index contributed by atoms with van der Waals surface area (Å²) in [6, 6.07) is 9.39. The van der Waals surface area contributed by atoms with E-state index in [4.69, 9.17) is 5.26 Å². The van der Waals surface area contributed by atoms with Gasteiger partial charge < -0.3 is 4.90 Å². The van der Waals surface area contributed by atoms with Crippen molar-refractivity contribution >= 4 is 5.69 Å². The van der Waals surface area contributed by atoms with Gasteiger partial charge in [-0.3, -0.25) is 4.90 Å². The highest BCUT2D eigenvalue weighted by Crippen LogP contribution is 2.24. The third-order valence-corrected chi connectivity index (χ3v) is 3.62. The van der Waals surface area contributed by atoms with Gasteiger partial charge in [0.25, 0.3) is 0 Å². The van der Waals surface area contributed by atoms with Crippen molar-refractivity contribution in [3.8, 4) is 6.07 Å². The van der Waals surface area contributed by atoms with E-state index < -0.39 is 0 Å². The highest BCUT2D eigenvalue weighted by atomic mass is 19.1. The lowest BCUT2D eigenvalue weighted by atomic mass is 10.0. The Morgan fingerprint density at radius 1 is 1.44 bits per heavy atom. The first-order chi connectivity index (χ1) is 8.61. The SMILES string of the molecule is CC1CN(c2cccc(F)c2)C(CC#N)CN1C. The number of likely N-dealkylation sites (N-methyl/N-ethyl adjacent to an activating group) is 1. The summed E-state index contributed by atoms with van der Waals surface area (Å²) < 4.78 is 13.3. The standard InChI is InChI=1S/C14H18FN3/c1-11-9-18(13-5-3-4-12(15)8-13)14(6-7-16)10-17(11)2/h3-5,8,11,14H,6,9-10H2,1-2H3. The van der Waals surface area contributed by atoms with Crippen molar-refractivity contribution in [1.29, 1.82) is 5.26 Å². The van der Waals surface area contributed by atoms with Crippen molar-refractivity contribution in [2.45, 2.75) is 25.4 Å². The molecule has 1 aliphatic heterocycles. The molecule has 0 aromatic heterocycles. The summed E-state index contributed by atoms with van der Waals surface area (Å²) in [6.07, 6.45) is 0.466. The van der Waals surface area contributed by atoms with E-state index in [2.05, 4.69) is 29.8 Å². The molecule has 2 atom stereocenters. The normalized spacial score (nSPS) is 24.9. The molecule has 0 amide bonds. The van der Waals surface area contributed by atoms with Crippen LogP contribution in [-0.4, -0.2) is 37.1 Å². The van der Waals surface area contributed by atoms with Gasteiger partial charge >= 0.3 is 0 Å². The van der Waals surface area contributed by atoms with Crippen molar-refractivity contribution in [2.75, 3.05) is 25.0 Å². The van der Waals surface area contributed by atoms with Gasteiger partial charge in [0.2, 0.25) is 0 Å². The zero-order valence-corrected chi connectivity index (χ0v) is 10.8. The van der Waals surface area contributed by atoms with Gasteiger partial charge in [-0.1, -0.05) is 6.07 Å². The number of hydrogen-bond acceptors (Lipinski definition) is 3. The number of rotatable bonds is 2. The zero-order valence-electron chi connectivity index (χ0n) is 10.8. The fourth-order valence-electron chi connectivity index (χ4n) is 2.44. The molecule has 1 saturated heterocycles. The molecular weight excluding hydrogens is 229 g/mol. The zero-order chi connectivity index (χ0) is 13.1. The largest absolute Gasteiger partial charge is 0.365 e. The van der Waals surface area contributed by atoms with E-state index in [0.29, 0.717) is 12.5 Å². The molecule has 2 unspecified atom stereocenters. The van der Waals surface area contributed by atoms with Crippen LogP contribution in [0, 0.1) is 17.1 Å². The van der Waals surface area contributed by atoms with E-state index in [1.807, 2.05) is 6.07 Å². The van der Waals surface area contributed by atoms with Crippen LogP contribution in [-0.2, 0) is 0 Å². The fraction of sp³-hybridized carbons (Fsp3) is 0.500. The van der Waals surface area contributed by atoms with Crippen LogP contribution in [0.3, 0.4) is 0 Å². The van der Waals surface area contributed by atoms with Gasteiger partial charge in [0.1, 0.15) is 5.82 Å². The van der Waals surface area contributed by atoms with E-state index in [1.165, 1.54) is 6.07 Å². The van der Waals surface area contributed by atoms with Crippen molar-refractivity contribution < 1.29 is 4.39 Å². The van der Waals surface area contributed by atoms with Crippen LogP contribution in [0.2, 0.25) is 0 Å². The molecule has 1 heterocycles. The predicted molar refractivity (Wildman–Crippen MR) is 69.9 cm³/mol. The smallest absolute Gasteiger partial charge is 0.125 e. The lowest BCUT2D eigenvalue weighted by Crippen LogP contribution is -2.56. The highest BCUT2D eigenvalue weighted by molar-refractivity contribution is 5.48. The van der Waals surface area contributed by atoms with Crippen LogP contribution in [0.25, 0.3) is 0 Å². The summed E-state index contributed by atoms with van der Waals surface area (Å²) in [6.45, 7) is 3.81. The molecule has 96 valence electrons. The van der Waals surface area contributed by atoms with Gasteiger partial charge in [0.15, 0.2) is 0 Å². The van der Waals surface area contributed by atoms with E-state index in [-0.39, 0.29) is 11.9 Å². The topological polar surface area (TPSA) is 30.3 Å². The minimum absolute atomic E-state index is 0.137. The van der Waals surface area contributed by atoms with E-state index in [0.717, 1.165) is 18.8 Å². The number of hydrogen-bond donors (Lipinski definition) is 0. The second-order valence-corrected chi connectivity index (χ2v) is 4.94. The average Bonchev–Trinajstić information content (AvgIpc) is 2.34. The second kappa shape index (κ2) is 5.36. The molecular formula is C14H18FN3. The van der Waals surface area contributed by atoms with Crippen LogP contribution in [0.15, 0.2) is 24.3 Å². The molecule has 0 spiro atoms. The van der Waals surface area contributed by atoms with Crippen LogP contribution in [0.5, 0.6) is 0 Å². The predicted octanol–water partition coefficient (Wildman–Crippen LogP) is 2.25. The first-order valence-electron chi connectivity index (χ1n) is 6.21. The molecule has 0 aliphatic carbocycles. The molecule has 3 nitrogen and oxygen atoms in total. The third-order valence-electron chi connectivity index (χ3n) is 3.62. The van der Waals surface area contributed by atoms with Crippen LogP contribution < -0.4 is 4.90 Å². The van der Waals surface area contributed by atoms with E-state index in [1.54, 1.807) is 12.1 Å². The van der Waals surface area contributed by atoms with Gasteiger partial charge in [0, 0.05) is 24.8 Å². The number of benzene rings is 1. The van der Waals surface area contributed by atoms with Gasteiger partial charge in [-0.25, -0.2) is 4.39 Å². The Hall–Kier alpha value is -1.60. The van der Waals surface area contributed by atoms with Crippen LogP contribution in [0.4, 0.5) is 10.1 Å². The quantitative estimate of drug-likeness (QED) is 0.803. The summed E-state index contributed by atoms with van der Waals surface area (Å²) in [5.41, 5.74) is 0.871. The third kappa shape index (κ3) is 2.62. The van der Waals surface area contributed by atoms with Crippen LogP contribution >= 0.6 is 0 Å². The number of halogens is 1. The van der Waals surface area contributed by atoms with Crippen molar-refractivity contribution in [1.82, 2.24) is 4.90 Å². The number of nitriles is 1. The maximum atomic E-state index is 13.3. The molecule has 2 rings (SSSR count). The Morgan fingerprint density at radius 3 is 2.89 bits per heavy atom. The van der Waals surface area contributed by atoms with Crippen LogP contribution in [0.1, 0.15) is 13.3 Å². The van der Waals surface area contributed by atoms with Gasteiger partial charge in [-0.05, 0) is 32.2 Å². The summed E-state index contributed by atoms with van der Waals surface area (Å²) >= 11 is 0. The van der Waals surface area contributed by atoms with Gasteiger partial charge in [-0.2, -0.15) is 5.26 Å². The van der Waals surface area contributed by atoms with Gasteiger partial charge in [-0.15, -0.1) is 0 Å². The number of nitrogens with zero attached hydrogens (tertiary/aromatic N) is 3. The molecule has 1 aliphatic rings. The lowest BCUT2D eigenvalue weighted by molar-refractivity contribution is 0.200. The number of piperazine rings is 1. The first kappa shape index (κ1) is 12.8. The maximum Gasteiger partial charge on any atom is 0.125 e. The summed E-state index contributed by atoms with van der Waals surface area (Å²) in [5.74, 6) is -0.227. The first-order valence-corrected chi connectivity index (χ1v) is 6.21. The maximum absolute atomic E-state index is 13.3. The summed E-state index contributed by atoms with van der Waals surface area (Å²) in [5, 5.41) is 8.92. The monoisotopic (exact) mass is 247 g/mol. The van der Waals surface area contributed by atoms with Gasteiger partial charge in [0.05, 0.1) is 18.5 Å². The molecule has 1 aromatic carbocycles. The Labute approximate surface area is 107 Å². The van der Waals surface area contributed by atoms with Crippen molar-refractivity contribution in [2.24, 2.45) is 0 Å². The Balaban J connectivity index is 2.25. The molecule has 0 N–H and O–H groups in total. The minimum atomic E-state index is -0.227. The van der Waals surface area contributed by atoms with Crippen molar-refractivity contribution in [3.05, 3.63) is 30.1 Å². The Bertz CT molecular complexity index is 455. The lowest BCUT2D eigenvalue weighted by Gasteiger charge is -2.44. The van der Waals surface area contributed by atoms with E-state index >= 15 is 0 Å². The summed E-state index contributed by atoms with van der Waals surface area (Å²) in [4.78, 5) is 4.40. The second-order valence-electron chi connectivity index (χ2n) is 4.94. The highest BCUT2D eigenvalue weighted by Gasteiger charge is 2.29. The Morgan fingerprint density at radius 2 is 2.22 bits per heavy atom.